The van der Waals surface area contributed by atoms with E-state index in [4.69, 9.17) is 0 Å². The SMILES string of the molecule is C=CC(=O)Nc1ccc(N=Nc2cc([N+](=O)[O-])cc([N+](=O)[O-])c2)cc1. The van der Waals surface area contributed by atoms with Gasteiger partial charge in [-0.2, -0.15) is 10.2 Å². The molecule has 10 nitrogen and oxygen atoms in total. The number of non-ortho nitro benzene ring substituents is 2. The van der Waals surface area contributed by atoms with Gasteiger partial charge in [0.1, 0.15) is 0 Å². The van der Waals surface area contributed by atoms with Gasteiger partial charge < -0.3 is 5.32 Å². The average Bonchev–Trinajstić information content (AvgIpc) is 2.60. The van der Waals surface area contributed by atoms with Crippen LogP contribution in [0.4, 0.5) is 28.4 Å². The van der Waals surface area contributed by atoms with E-state index in [0.717, 1.165) is 24.3 Å². The average molecular weight is 341 g/mol. The molecule has 0 atom stereocenters. The van der Waals surface area contributed by atoms with Crippen LogP contribution in [0.3, 0.4) is 0 Å². The van der Waals surface area contributed by atoms with Crippen molar-refractivity contribution in [2.75, 3.05) is 5.32 Å². The molecule has 0 radical (unpaired) electrons. The molecule has 0 aromatic heterocycles. The van der Waals surface area contributed by atoms with Gasteiger partial charge in [0.25, 0.3) is 11.4 Å². The summed E-state index contributed by atoms with van der Waals surface area (Å²) in [5.41, 5.74) is -0.0122. The van der Waals surface area contributed by atoms with E-state index in [0.29, 0.717) is 11.4 Å². The summed E-state index contributed by atoms with van der Waals surface area (Å²) < 4.78 is 0. The zero-order valence-corrected chi connectivity index (χ0v) is 12.7. The molecule has 0 fully saturated rings. The summed E-state index contributed by atoms with van der Waals surface area (Å²) in [4.78, 5) is 31.3. The zero-order chi connectivity index (χ0) is 18.4. The van der Waals surface area contributed by atoms with Gasteiger partial charge in [0.05, 0.1) is 27.3 Å². The van der Waals surface area contributed by atoms with Gasteiger partial charge in [-0.3, -0.25) is 25.0 Å². The van der Waals surface area contributed by atoms with Crippen LogP contribution in [0.25, 0.3) is 0 Å². The standard InChI is InChI=1S/C15H11N5O5/c1-2-15(21)16-10-3-5-11(6-4-10)17-18-12-7-13(19(22)23)9-14(8-12)20(24)25/h2-9H,1H2,(H,16,21). The molecule has 2 rings (SSSR count). The number of benzene rings is 2. The fraction of sp³-hybridized carbons (Fsp3) is 0. The van der Waals surface area contributed by atoms with Gasteiger partial charge in [0.2, 0.25) is 5.91 Å². The number of nitro groups is 2. The van der Waals surface area contributed by atoms with E-state index in [9.17, 15) is 25.0 Å². The van der Waals surface area contributed by atoms with Crippen molar-refractivity contribution in [1.29, 1.82) is 0 Å². The maximum Gasteiger partial charge on any atom is 0.278 e. The molecule has 0 aliphatic rings. The van der Waals surface area contributed by atoms with Crippen molar-refractivity contribution < 1.29 is 14.6 Å². The molecule has 0 bridgehead atoms. The first-order valence-corrected chi connectivity index (χ1v) is 6.78. The monoisotopic (exact) mass is 341 g/mol. The number of nitrogens with one attached hydrogen (secondary N) is 1. The van der Waals surface area contributed by atoms with Gasteiger partial charge >= 0.3 is 0 Å². The van der Waals surface area contributed by atoms with E-state index in [2.05, 4.69) is 22.1 Å². The molecule has 0 saturated carbocycles. The minimum atomic E-state index is -0.747. The lowest BCUT2D eigenvalue weighted by Gasteiger charge is -2.01. The van der Waals surface area contributed by atoms with E-state index in [1.165, 1.54) is 0 Å². The first-order valence-electron chi connectivity index (χ1n) is 6.78. The Labute approximate surface area is 140 Å². The Kier molecular flexibility index (Phi) is 5.25. The quantitative estimate of drug-likeness (QED) is 0.365. The lowest BCUT2D eigenvalue weighted by Crippen LogP contribution is -2.06. The Hall–Kier alpha value is -3.95. The predicted octanol–water partition coefficient (Wildman–Crippen LogP) is 4.04. The van der Waals surface area contributed by atoms with Crippen LogP contribution in [0, 0.1) is 20.2 Å². The molecule has 25 heavy (non-hydrogen) atoms. The highest BCUT2D eigenvalue weighted by atomic mass is 16.6. The van der Waals surface area contributed by atoms with Gasteiger partial charge in [-0.1, -0.05) is 6.58 Å². The van der Waals surface area contributed by atoms with E-state index in [1.54, 1.807) is 24.3 Å². The van der Waals surface area contributed by atoms with Crippen LogP contribution in [0.1, 0.15) is 0 Å². The Balaban J connectivity index is 2.23. The van der Waals surface area contributed by atoms with Crippen LogP contribution in [0.15, 0.2) is 65.3 Å². The number of nitro benzene ring substituents is 2. The molecule has 126 valence electrons. The molecule has 1 N–H and O–H groups in total. The smallest absolute Gasteiger partial charge is 0.278 e. The van der Waals surface area contributed by atoms with Gasteiger partial charge in [0.15, 0.2) is 0 Å². The van der Waals surface area contributed by atoms with Crippen LogP contribution in [-0.4, -0.2) is 15.8 Å². The summed E-state index contributed by atoms with van der Waals surface area (Å²) in [5.74, 6) is -0.363. The van der Waals surface area contributed by atoms with Crippen LogP contribution >= 0.6 is 0 Å². The molecule has 0 saturated heterocycles. The topological polar surface area (TPSA) is 140 Å². The maximum atomic E-state index is 11.2. The van der Waals surface area contributed by atoms with Crippen LogP contribution in [0.2, 0.25) is 0 Å². The van der Waals surface area contributed by atoms with E-state index in [-0.39, 0.29) is 11.6 Å². The van der Waals surface area contributed by atoms with Crippen molar-refractivity contribution in [2.24, 2.45) is 10.2 Å². The van der Waals surface area contributed by atoms with Crippen LogP contribution in [0.5, 0.6) is 0 Å². The van der Waals surface area contributed by atoms with Crippen LogP contribution < -0.4 is 5.32 Å². The van der Waals surface area contributed by atoms with E-state index < -0.39 is 21.2 Å². The Morgan fingerprint density at radius 2 is 1.48 bits per heavy atom. The third-order valence-electron chi connectivity index (χ3n) is 2.91. The highest BCUT2D eigenvalue weighted by molar-refractivity contribution is 5.98. The first-order chi connectivity index (χ1) is 11.9. The summed E-state index contributed by atoms with van der Waals surface area (Å²) in [6, 6.07) is 9.25. The summed E-state index contributed by atoms with van der Waals surface area (Å²) in [5, 5.41) is 31.8. The van der Waals surface area contributed by atoms with Crippen molar-refractivity contribution in [2.45, 2.75) is 0 Å². The summed E-state index contributed by atoms with van der Waals surface area (Å²) in [6.45, 7) is 3.33. The van der Waals surface area contributed by atoms with Gasteiger partial charge in [-0.25, -0.2) is 0 Å². The summed E-state index contributed by atoms with van der Waals surface area (Å²) >= 11 is 0. The second-order valence-corrected chi connectivity index (χ2v) is 4.66. The van der Waals surface area contributed by atoms with Crippen molar-refractivity contribution in [3.05, 3.63) is 75.3 Å². The molecule has 2 aromatic carbocycles. The Bertz CT molecular complexity index is 844. The highest BCUT2D eigenvalue weighted by Crippen LogP contribution is 2.29. The molecule has 0 aliphatic carbocycles. The molecule has 0 unspecified atom stereocenters. The molecule has 2 aromatic rings. The largest absolute Gasteiger partial charge is 0.323 e. The zero-order valence-electron chi connectivity index (χ0n) is 12.7. The van der Waals surface area contributed by atoms with Gasteiger partial charge in [-0.15, -0.1) is 0 Å². The van der Waals surface area contributed by atoms with Gasteiger partial charge in [-0.05, 0) is 30.3 Å². The minimum absolute atomic E-state index is 0.0232. The van der Waals surface area contributed by atoms with E-state index >= 15 is 0 Å². The molecule has 0 spiro atoms. The van der Waals surface area contributed by atoms with Crippen LogP contribution in [-0.2, 0) is 4.79 Å². The molecule has 0 aliphatic heterocycles. The number of nitrogens with zero attached hydrogens (tertiary/aromatic N) is 4. The van der Waals surface area contributed by atoms with Gasteiger partial charge in [0, 0.05) is 17.8 Å². The van der Waals surface area contributed by atoms with E-state index in [1.807, 2.05) is 0 Å². The summed E-state index contributed by atoms with van der Waals surface area (Å²) in [7, 11) is 0. The number of hydrogen-bond donors (Lipinski definition) is 1. The number of carbonyl (C=O) groups excluding carboxylic acids is 1. The Morgan fingerprint density at radius 3 is 1.96 bits per heavy atom. The number of carbonyl (C=O) groups is 1. The maximum absolute atomic E-state index is 11.2. The third kappa shape index (κ3) is 4.76. The molecular weight excluding hydrogens is 330 g/mol. The molecular formula is C15H11N5O5. The second-order valence-electron chi connectivity index (χ2n) is 4.66. The van der Waals surface area contributed by atoms with Crippen molar-refractivity contribution >= 4 is 34.3 Å². The fourth-order valence-corrected chi connectivity index (χ4v) is 1.77. The molecule has 0 heterocycles. The predicted molar refractivity (Wildman–Crippen MR) is 89.2 cm³/mol. The first kappa shape index (κ1) is 17.4. The third-order valence-corrected chi connectivity index (χ3v) is 2.91. The number of hydrogen-bond acceptors (Lipinski definition) is 7. The lowest BCUT2D eigenvalue weighted by molar-refractivity contribution is -0.394. The lowest BCUT2D eigenvalue weighted by atomic mass is 10.2. The number of rotatable bonds is 6. The highest BCUT2D eigenvalue weighted by Gasteiger charge is 2.16. The number of anilines is 1. The minimum Gasteiger partial charge on any atom is -0.323 e. The molecule has 10 heteroatoms. The second kappa shape index (κ2) is 7.55. The normalized spacial score (nSPS) is 10.4. The van der Waals surface area contributed by atoms with Crippen molar-refractivity contribution in [3.63, 3.8) is 0 Å². The fourth-order valence-electron chi connectivity index (χ4n) is 1.77. The Morgan fingerprint density at radius 1 is 0.960 bits per heavy atom. The number of amides is 1. The number of azo groups is 1. The summed E-state index contributed by atoms with van der Waals surface area (Å²) in [6.07, 6.45) is 1.13. The van der Waals surface area contributed by atoms with Crippen molar-refractivity contribution in [1.82, 2.24) is 0 Å². The molecule has 1 amide bonds. The van der Waals surface area contributed by atoms with Crippen molar-refractivity contribution in [3.8, 4) is 0 Å².